The summed E-state index contributed by atoms with van der Waals surface area (Å²) in [5.41, 5.74) is 0.489. The van der Waals surface area contributed by atoms with E-state index in [9.17, 15) is 5.11 Å². The Morgan fingerprint density at radius 3 is 2.47 bits per heavy atom. The van der Waals surface area contributed by atoms with E-state index in [1.54, 1.807) is 0 Å². The molecule has 1 N–H and O–H groups in total. The first-order chi connectivity index (χ1) is 7.13. The molecule has 0 saturated heterocycles. The Bertz CT molecular complexity index is 319. The third-order valence-electron chi connectivity index (χ3n) is 3.84. The van der Waals surface area contributed by atoms with Crippen LogP contribution in [0.2, 0.25) is 0 Å². The smallest absolute Gasteiger partial charge is 0.0924 e. The van der Waals surface area contributed by atoms with Gasteiger partial charge < -0.3 is 5.11 Å². The molecule has 1 aliphatic carbocycles. The summed E-state index contributed by atoms with van der Waals surface area (Å²) >= 11 is 0. The SMILES string of the molecule is C[C@@H]1CC[C@H](C)[C@@](O)(c2ccccc2)C1. The Labute approximate surface area is 92.1 Å². The number of benzene rings is 1. The maximum Gasteiger partial charge on any atom is 0.0924 e. The Morgan fingerprint density at radius 1 is 1.13 bits per heavy atom. The van der Waals surface area contributed by atoms with Gasteiger partial charge in [-0.2, -0.15) is 0 Å². The molecule has 1 fully saturated rings. The van der Waals surface area contributed by atoms with E-state index in [0.29, 0.717) is 11.8 Å². The highest BCUT2D eigenvalue weighted by Crippen LogP contribution is 2.43. The van der Waals surface area contributed by atoms with Gasteiger partial charge in [-0.05, 0) is 30.2 Å². The minimum absolute atomic E-state index is 0.371. The second-order valence-corrected chi connectivity index (χ2v) is 5.08. The third-order valence-corrected chi connectivity index (χ3v) is 3.84. The number of hydrogen-bond donors (Lipinski definition) is 1. The van der Waals surface area contributed by atoms with E-state index in [0.717, 1.165) is 18.4 Å². The van der Waals surface area contributed by atoms with Crippen molar-refractivity contribution in [3.8, 4) is 0 Å². The van der Waals surface area contributed by atoms with Crippen LogP contribution in [0.5, 0.6) is 0 Å². The van der Waals surface area contributed by atoms with E-state index in [2.05, 4.69) is 26.0 Å². The zero-order valence-electron chi connectivity index (χ0n) is 9.61. The highest BCUT2D eigenvalue weighted by molar-refractivity contribution is 5.23. The molecule has 1 aromatic rings. The van der Waals surface area contributed by atoms with Crippen molar-refractivity contribution >= 4 is 0 Å². The lowest BCUT2D eigenvalue weighted by Gasteiger charge is -2.41. The molecular weight excluding hydrogens is 184 g/mol. The molecule has 15 heavy (non-hydrogen) atoms. The molecule has 0 bridgehead atoms. The Kier molecular flexibility index (Phi) is 2.83. The molecule has 0 aromatic heterocycles. The molecule has 2 rings (SSSR count). The van der Waals surface area contributed by atoms with Gasteiger partial charge in [0, 0.05) is 0 Å². The van der Waals surface area contributed by atoms with Crippen LogP contribution < -0.4 is 0 Å². The first-order valence-electron chi connectivity index (χ1n) is 5.91. The van der Waals surface area contributed by atoms with Gasteiger partial charge in [0.05, 0.1) is 5.60 Å². The van der Waals surface area contributed by atoms with E-state index in [-0.39, 0.29) is 0 Å². The maximum absolute atomic E-state index is 10.8. The number of rotatable bonds is 1. The molecule has 0 radical (unpaired) electrons. The molecule has 0 unspecified atom stereocenters. The molecule has 1 aromatic carbocycles. The van der Waals surface area contributed by atoms with Gasteiger partial charge in [-0.15, -0.1) is 0 Å². The maximum atomic E-state index is 10.8. The van der Waals surface area contributed by atoms with E-state index >= 15 is 0 Å². The molecule has 3 atom stereocenters. The second-order valence-electron chi connectivity index (χ2n) is 5.08. The van der Waals surface area contributed by atoms with E-state index < -0.39 is 5.60 Å². The van der Waals surface area contributed by atoms with Gasteiger partial charge in [0.1, 0.15) is 0 Å². The predicted octanol–water partition coefficient (Wildman–Crippen LogP) is 3.33. The Balaban J connectivity index is 2.31. The van der Waals surface area contributed by atoms with Gasteiger partial charge in [0.15, 0.2) is 0 Å². The van der Waals surface area contributed by atoms with Crippen molar-refractivity contribution in [2.45, 2.75) is 38.7 Å². The molecule has 0 amide bonds. The Hall–Kier alpha value is -0.820. The summed E-state index contributed by atoms with van der Waals surface area (Å²) < 4.78 is 0. The molecule has 1 aliphatic rings. The average Bonchev–Trinajstić information content (AvgIpc) is 2.25. The monoisotopic (exact) mass is 204 g/mol. The summed E-state index contributed by atoms with van der Waals surface area (Å²) in [6.07, 6.45) is 3.28. The van der Waals surface area contributed by atoms with E-state index in [1.807, 2.05) is 18.2 Å². The van der Waals surface area contributed by atoms with Gasteiger partial charge in [-0.3, -0.25) is 0 Å². The molecule has 0 heterocycles. The van der Waals surface area contributed by atoms with Crippen LogP contribution in [0.25, 0.3) is 0 Å². The van der Waals surface area contributed by atoms with Crippen molar-refractivity contribution in [3.05, 3.63) is 35.9 Å². The van der Waals surface area contributed by atoms with Crippen LogP contribution in [-0.2, 0) is 5.60 Å². The lowest BCUT2D eigenvalue weighted by atomic mass is 9.69. The van der Waals surface area contributed by atoms with Crippen molar-refractivity contribution in [1.29, 1.82) is 0 Å². The van der Waals surface area contributed by atoms with Gasteiger partial charge in [-0.1, -0.05) is 50.6 Å². The molecular formula is C14H20O. The number of aliphatic hydroxyl groups is 1. The van der Waals surface area contributed by atoms with E-state index in [1.165, 1.54) is 6.42 Å². The summed E-state index contributed by atoms with van der Waals surface area (Å²) in [5, 5.41) is 10.8. The van der Waals surface area contributed by atoms with Crippen LogP contribution in [0.15, 0.2) is 30.3 Å². The van der Waals surface area contributed by atoms with Crippen molar-refractivity contribution in [1.82, 2.24) is 0 Å². The van der Waals surface area contributed by atoms with Crippen molar-refractivity contribution in [3.63, 3.8) is 0 Å². The van der Waals surface area contributed by atoms with E-state index in [4.69, 9.17) is 0 Å². The fourth-order valence-corrected chi connectivity index (χ4v) is 2.74. The summed E-state index contributed by atoms with van der Waals surface area (Å²) in [4.78, 5) is 0. The third kappa shape index (κ3) is 1.93. The Morgan fingerprint density at radius 2 is 1.80 bits per heavy atom. The highest BCUT2D eigenvalue weighted by Gasteiger charge is 2.39. The van der Waals surface area contributed by atoms with Crippen LogP contribution in [0, 0.1) is 11.8 Å². The number of hydrogen-bond acceptors (Lipinski definition) is 1. The fourth-order valence-electron chi connectivity index (χ4n) is 2.74. The molecule has 1 heteroatoms. The largest absolute Gasteiger partial charge is 0.385 e. The van der Waals surface area contributed by atoms with Gasteiger partial charge in [0.25, 0.3) is 0 Å². The van der Waals surface area contributed by atoms with Gasteiger partial charge in [0.2, 0.25) is 0 Å². The molecule has 1 saturated carbocycles. The summed E-state index contributed by atoms with van der Waals surface area (Å²) in [6.45, 7) is 4.40. The summed E-state index contributed by atoms with van der Waals surface area (Å²) in [5.74, 6) is 1.00. The second kappa shape index (κ2) is 3.97. The molecule has 82 valence electrons. The average molecular weight is 204 g/mol. The fraction of sp³-hybridized carbons (Fsp3) is 0.571. The van der Waals surface area contributed by atoms with Crippen LogP contribution in [-0.4, -0.2) is 5.11 Å². The lowest BCUT2D eigenvalue weighted by Crippen LogP contribution is -2.39. The minimum Gasteiger partial charge on any atom is -0.385 e. The summed E-state index contributed by atoms with van der Waals surface area (Å²) in [7, 11) is 0. The zero-order valence-corrected chi connectivity index (χ0v) is 9.61. The van der Waals surface area contributed by atoms with Crippen LogP contribution in [0.3, 0.4) is 0 Å². The quantitative estimate of drug-likeness (QED) is 0.744. The van der Waals surface area contributed by atoms with Gasteiger partial charge in [-0.25, -0.2) is 0 Å². The van der Waals surface area contributed by atoms with Crippen LogP contribution in [0.4, 0.5) is 0 Å². The summed E-state index contributed by atoms with van der Waals surface area (Å²) in [6, 6.07) is 10.1. The highest BCUT2D eigenvalue weighted by atomic mass is 16.3. The van der Waals surface area contributed by atoms with Crippen molar-refractivity contribution < 1.29 is 5.11 Å². The first kappa shape index (κ1) is 10.7. The zero-order chi connectivity index (χ0) is 10.9. The van der Waals surface area contributed by atoms with Crippen molar-refractivity contribution in [2.24, 2.45) is 11.8 Å². The minimum atomic E-state index is -0.598. The standard InChI is InChI=1S/C14H20O/c1-11-8-9-12(2)14(15,10-11)13-6-4-3-5-7-13/h3-7,11-12,15H,8-10H2,1-2H3/t11-,12+,14-/m1/s1. The first-order valence-corrected chi connectivity index (χ1v) is 5.91. The lowest BCUT2D eigenvalue weighted by molar-refractivity contribution is -0.0627. The van der Waals surface area contributed by atoms with Crippen LogP contribution >= 0.6 is 0 Å². The topological polar surface area (TPSA) is 20.2 Å². The normalized spacial score (nSPS) is 36.5. The molecule has 0 spiro atoms. The van der Waals surface area contributed by atoms with Gasteiger partial charge >= 0.3 is 0 Å². The van der Waals surface area contributed by atoms with Crippen molar-refractivity contribution in [2.75, 3.05) is 0 Å². The predicted molar refractivity (Wildman–Crippen MR) is 62.5 cm³/mol. The molecule has 0 aliphatic heterocycles. The van der Waals surface area contributed by atoms with Crippen LogP contribution in [0.1, 0.15) is 38.7 Å². The molecule has 1 nitrogen and oxygen atoms in total.